The van der Waals surface area contributed by atoms with Gasteiger partial charge in [0.15, 0.2) is 6.17 Å². The zero-order chi connectivity index (χ0) is 18.3. The number of carbonyl (C=O) groups excluding carboxylic acids is 1. The fraction of sp³-hybridized carbons (Fsp3) is 0.211. The first-order valence-electron chi connectivity index (χ1n) is 8.28. The highest BCUT2D eigenvalue weighted by Gasteiger charge is 2.35. The third kappa shape index (κ3) is 2.82. The lowest BCUT2D eigenvalue weighted by atomic mass is 10.1. The molecule has 132 valence electrons. The van der Waals surface area contributed by atoms with Crippen LogP contribution in [0.25, 0.3) is 0 Å². The Balaban J connectivity index is 1.63. The van der Waals surface area contributed by atoms with E-state index in [0.717, 1.165) is 16.9 Å². The highest BCUT2D eigenvalue weighted by Crippen LogP contribution is 2.35. The Morgan fingerprint density at radius 2 is 1.77 bits per heavy atom. The Kier molecular flexibility index (Phi) is 4.12. The lowest BCUT2D eigenvalue weighted by Crippen LogP contribution is -2.45. The minimum atomic E-state index is -0.295. The first kappa shape index (κ1) is 16.6. The number of benzene rings is 2. The van der Waals surface area contributed by atoms with Gasteiger partial charge < -0.3 is 9.80 Å². The van der Waals surface area contributed by atoms with Crippen molar-refractivity contribution in [1.29, 1.82) is 0 Å². The molecule has 0 bridgehead atoms. The van der Waals surface area contributed by atoms with Crippen molar-refractivity contribution in [2.45, 2.75) is 12.7 Å². The van der Waals surface area contributed by atoms with Crippen molar-refractivity contribution in [2.24, 2.45) is 0 Å². The van der Waals surface area contributed by atoms with Gasteiger partial charge in [0.05, 0.1) is 24.0 Å². The number of carbonyl (C=O) groups is 1. The van der Waals surface area contributed by atoms with Crippen LogP contribution in [0.5, 0.6) is 0 Å². The quantitative estimate of drug-likeness (QED) is 0.713. The van der Waals surface area contributed by atoms with Crippen molar-refractivity contribution >= 4 is 23.2 Å². The van der Waals surface area contributed by atoms with Crippen LogP contribution in [0.3, 0.4) is 0 Å². The molecular formula is C19H18ClN5O. The average Bonchev–Trinajstić information content (AvgIpc) is 3.10. The number of para-hydroxylation sites is 1. The molecule has 1 amide bonds. The molecule has 0 fully saturated rings. The summed E-state index contributed by atoms with van der Waals surface area (Å²) >= 11 is 5.93. The van der Waals surface area contributed by atoms with E-state index in [9.17, 15) is 4.79 Å². The number of aromatic nitrogens is 3. The van der Waals surface area contributed by atoms with Crippen molar-refractivity contribution in [2.75, 3.05) is 19.0 Å². The topological polar surface area (TPSA) is 54.3 Å². The van der Waals surface area contributed by atoms with Gasteiger partial charge in [0, 0.05) is 19.1 Å². The van der Waals surface area contributed by atoms with Crippen LogP contribution >= 0.6 is 11.6 Å². The van der Waals surface area contributed by atoms with Crippen LogP contribution in [0, 0.1) is 0 Å². The lowest BCUT2D eigenvalue weighted by molar-refractivity contribution is 0.0707. The van der Waals surface area contributed by atoms with Gasteiger partial charge in [0.2, 0.25) is 0 Å². The van der Waals surface area contributed by atoms with E-state index in [1.165, 1.54) is 0 Å². The standard InChI is InChI=1S/C19H18ClN5O/c1-23-17-6-4-3-5-15(17)19(26)24(2)18(23)16-12-25(22-21-16)11-13-7-9-14(20)10-8-13/h3-10,12,18H,11H2,1-2H3. The molecule has 0 spiro atoms. The molecule has 1 unspecified atom stereocenters. The minimum Gasteiger partial charge on any atom is -0.348 e. The maximum atomic E-state index is 12.7. The molecule has 1 aliphatic heterocycles. The molecule has 26 heavy (non-hydrogen) atoms. The van der Waals surface area contributed by atoms with Crippen molar-refractivity contribution < 1.29 is 4.79 Å². The molecule has 1 atom stereocenters. The Morgan fingerprint density at radius 3 is 2.54 bits per heavy atom. The van der Waals surface area contributed by atoms with Crippen molar-refractivity contribution in [3.8, 4) is 0 Å². The Bertz CT molecular complexity index is 953. The van der Waals surface area contributed by atoms with Gasteiger partial charge >= 0.3 is 0 Å². The molecule has 2 aromatic carbocycles. The van der Waals surface area contributed by atoms with Gasteiger partial charge in [-0.1, -0.05) is 41.1 Å². The summed E-state index contributed by atoms with van der Waals surface area (Å²) in [5.74, 6) is -0.0176. The maximum absolute atomic E-state index is 12.7. The number of fused-ring (bicyclic) bond motifs is 1. The van der Waals surface area contributed by atoms with E-state index in [-0.39, 0.29) is 12.1 Å². The van der Waals surface area contributed by atoms with Gasteiger partial charge in [-0.05, 0) is 29.8 Å². The predicted octanol–water partition coefficient (Wildman–Crippen LogP) is 3.20. The number of nitrogens with zero attached hydrogens (tertiary/aromatic N) is 5. The van der Waals surface area contributed by atoms with Gasteiger partial charge in [-0.25, -0.2) is 4.68 Å². The molecule has 4 rings (SSSR count). The third-order valence-electron chi connectivity index (χ3n) is 4.65. The van der Waals surface area contributed by atoms with Crippen LogP contribution in [-0.2, 0) is 6.54 Å². The van der Waals surface area contributed by atoms with E-state index in [0.29, 0.717) is 17.1 Å². The van der Waals surface area contributed by atoms with Crippen LogP contribution in [0.2, 0.25) is 5.02 Å². The molecule has 0 N–H and O–H groups in total. The number of rotatable bonds is 3. The summed E-state index contributed by atoms with van der Waals surface area (Å²) < 4.78 is 1.77. The Morgan fingerprint density at radius 1 is 1.04 bits per heavy atom. The number of hydrogen-bond donors (Lipinski definition) is 0. The second-order valence-corrected chi connectivity index (χ2v) is 6.82. The van der Waals surface area contributed by atoms with Crippen molar-refractivity contribution in [1.82, 2.24) is 19.9 Å². The molecule has 3 aromatic rings. The largest absolute Gasteiger partial charge is 0.348 e. The minimum absolute atomic E-state index is 0.0176. The van der Waals surface area contributed by atoms with Gasteiger partial charge in [-0.3, -0.25) is 4.79 Å². The third-order valence-corrected chi connectivity index (χ3v) is 4.90. The average molecular weight is 368 g/mol. The summed E-state index contributed by atoms with van der Waals surface area (Å²) in [6, 6.07) is 15.2. The second-order valence-electron chi connectivity index (χ2n) is 6.39. The number of anilines is 1. The number of halogens is 1. The summed E-state index contributed by atoms with van der Waals surface area (Å²) in [4.78, 5) is 16.4. The fourth-order valence-corrected chi connectivity index (χ4v) is 3.46. The Labute approximate surface area is 156 Å². The smallest absolute Gasteiger partial charge is 0.257 e. The molecule has 1 aromatic heterocycles. The number of amides is 1. The predicted molar refractivity (Wildman–Crippen MR) is 100 cm³/mol. The Hall–Kier alpha value is -2.86. The van der Waals surface area contributed by atoms with E-state index < -0.39 is 0 Å². The number of hydrogen-bond acceptors (Lipinski definition) is 4. The molecule has 6 nitrogen and oxygen atoms in total. The van der Waals surface area contributed by atoms with E-state index in [1.807, 2.05) is 66.7 Å². The zero-order valence-electron chi connectivity index (χ0n) is 14.5. The lowest BCUT2D eigenvalue weighted by Gasteiger charge is -2.40. The molecule has 0 saturated heterocycles. The van der Waals surface area contributed by atoms with E-state index in [1.54, 1.807) is 16.6 Å². The molecule has 0 aliphatic carbocycles. The summed E-state index contributed by atoms with van der Waals surface area (Å²) in [5, 5.41) is 9.25. The second kappa shape index (κ2) is 6.46. The van der Waals surface area contributed by atoms with Crippen LogP contribution in [0.4, 0.5) is 5.69 Å². The summed E-state index contributed by atoms with van der Waals surface area (Å²) in [6.07, 6.45) is 1.59. The fourth-order valence-electron chi connectivity index (χ4n) is 3.34. The molecule has 2 heterocycles. The normalized spacial score (nSPS) is 16.7. The zero-order valence-corrected chi connectivity index (χ0v) is 15.3. The highest BCUT2D eigenvalue weighted by atomic mass is 35.5. The van der Waals surface area contributed by atoms with Crippen molar-refractivity contribution in [3.05, 3.63) is 76.6 Å². The van der Waals surface area contributed by atoms with E-state index in [2.05, 4.69) is 10.3 Å². The monoisotopic (exact) mass is 367 g/mol. The van der Waals surface area contributed by atoms with Gasteiger partial charge in [-0.15, -0.1) is 5.10 Å². The summed E-state index contributed by atoms with van der Waals surface area (Å²) in [7, 11) is 3.75. The van der Waals surface area contributed by atoms with Crippen LogP contribution < -0.4 is 4.90 Å². The first-order valence-corrected chi connectivity index (χ1v) is 8.66. The van der Waals surface area contributed by atoms with Crippen LogP contribution in [-0.4, -0.2) is 39.9 Å². The molecule has 0 saturated carbocycles. The van der Waals surface area contributed by atoms with E-state index in [4.69, 9.17) is 11.6 Å². The molecule has 7 heteroatoms. The van der Waals surface area contributed by atoms with Crippen LogP contribution in [0.15, 0.2) is 54.7 Å². The molecular weight excluding hydrogens is 350 g/mol. The molecule has 1 aliphatic rings. The van der Waals surface area contributed by atoms with Crippen molar-refractivity contribution in [3.63, 3.8) is 0 Å². The van der Waals surface area contributed by atoms with E-state index >= 15 is 0 Å². The van der Waals surface area contributed by atoms with Crippen LogP contribution in [0.1, 0.15) is 27.8 Å². The molecule has 0 radical (unpaired) electrons. The van der Waals surface area contributed by atoms with Gasteiger partial charge in [-0.2, -0.15) is 0 Å². The SMILES string of the molecule is CN1C(=O)c2ccccc2N(C)C1c1cn(Cc2ccc(Cl)cc2)nn1. The summed E-state index contributed by atoms with van der Waals surface area (Å²) in [6.45, 7) is 0.592. The van der Waals surface area contributed by atoms with Gasteiger partial charge in [0.1, 0.15) is 5.69 Å². The highest BCUT2D eigenvalue weighted by molar-refractivity contribution is 6.30. The van der Waals surface area contributed by atoms with Gasteiger partial charge in [0.25, 0.3) is 5.91 Å². The maximum Gasteiger partial charge on any atom is 0.257 e. The summed E-state index contributed by atoms with van der Waals surface area (Å²) in [5.41, 5.74) is 3.40. The first-order chi connectivity index (χ1) is 12.5.